The average molecular weight is 551 g/mol. The van der Waals surface area contributed by atoms with Crippen LogP contribution in [0.4, 0.5) is 4.39 Å². The largest absolute Gasteiger partial charge is 0.493 e. The first-order valence-corrected chi connectivity index (χ1v) is 11.1. The number of nitrogens with zero attached hydrogens (tertiary/aromatic N) is 1. The second-order valence-electron chi connectivity index (χ2n) is 6.91. The zero-order valence-electron chi connectivity index (χ0n) is 17.1. The number of halogens is 4. The molecule has 4 rings (SSSR count). The quantitative estimate of drug-likeness (QED) is 0.249. The van der Waals surface area contributed by atoms with Gasteiger partial charge in [-0.15, -0.1) is 0 Å². The van der Waals surface area contributed by atoms with Crippen LogP contribution in [0.3, 0.4) is 0 Å². The van der Waals surface area contributed by atoms with Gasteiger partial charge in [-0.25, -0.2) is 14.2 Å². The first kappa shape index (κ1) is 23.3. The highest BCUT2D eigenvalue weighted by molar-refractivity contribution is 9.10. The Kier molecular flexibility index (Phi) is 7.02. The molecule has 1 heterocycles. The van der Waals surface area contributed by atoms with Gasteiger partial charge < -0.3 is 14.2 Å². The highest BCUT2D eigenvalue weighted by atomic mass is 79.9. The minimum absolute atomic E-state index is 0.0956. The maximum absolute atomic E-state index is 13.1. The van der Waals surface area contributed by atoms with Gasteiger partial charge >= 0.3 is 5.97 Å². The van der Waals surface area contributed by atoms with E-state index in [2.05, 4.69) is 20.9 Å². The lowest BCUT2D eigenvalue weighted by atomic mass is 10.1. The number of carbonyl (C=O) groups excluding carboxylic acids is 1. The van der Waals surface area contributed by atoms with Crippen LogP contribution in [0, 0.1) is 5.82 Å². The van der Waals surface area contributed by atoms with Crippen molar-refractivity contribution < 1.29 is 23.4 Å². The Balaban J connectivity index is 1.60. The maximum Gasteiger partial charge on any atom is 0.363 e. The summed E-state index contributed by atoms with van der Waals surface area (Å²) in [6, 6.07) is 14.3. The topological polar surface area (TPSA) is 57.1 Å². The summed E-state index contributed by atoms with van der Waals surface area (Å²) in [5, 5.41) is 0.783. The van der Waals surface area contributed by atoms with Crippen LogP contribution < -0.4 is 9.47 Å². The summed E-state index contributed by atoms with van der Waals surface area (Å²) in [5.41, 5.74) is 1.99. The average Bonchev–Trinajstić information content (AvgIpc) is 3.13. The molecule has 3 aromatic rings. The van der Waals surface area contributed by atoms with E-state index in [1.807, 2.05) is 0 Å². The van der Waals surface area contributed by atoms with Crippen LogP contribution in [0.2, 0.25) is 10.0 Å². The summed E-state index contributed by atoms with van der Waals surface area (Å²) >= 11 is 15.6. The zero-order chi connectivity index (χ0) is 23.5. The van der Waals surface area contributed by atoms with E-state index in [1.54, 1.807) is 48.5 Å². The van der Waals surface area contributed by atoms with Gasteiger partial charge in [0.05, 0.1) is 22.2 Å². The van der Waals surface area contributed by atoms with Crippen LogP contribution in [-0.2, 0) is 16.1 Å². The summed E-state index contributed by atoms with van der Waals surface area (Å²) in [6.07, 6.45) is 1.57. The van der Waals surface area contributed by atoms with Crippen molar-refractivity contribution in [2.75, 3.05) is 7.11 Å². The number of rotatable bonds is 6. The van der Waals surface area contributed by atoms with Crippen molar-refractivity contribution in [2.45, 2.75) is 6.61 Å². The Morgan fingerprint density at radius 2 is 1.88 bits per heavy atom. The standard InChI is InChI=1S/C24H15BrCl2FNO4/c1-31-21-10-14(8-18(25)22(21)32-12-13-2-5-16(28)6-3-13)9-20-24(30)33-23(29-20)17-7-4-15(26)11-19(17)27/h2-11H,12H2,1H3/b20-9-. The number of esters is 1. The normalized spacial score (nSPS) is 14.3. The summed E-state index contributed by atoms with van der Waals surface area (Å²) in [4.78, 5) is 16.6. The second kappa shape index (κ2) is 9.95. The number of aliphatic imine (C=N–C) groups is 1. The lowest BCUT2D eigenvalue weighted by Crippen LogP contribution is -2.05. The van der Waals surface area contributed by atoms with E-state index in [1.165, 1.54) is 19.2 Å². The molecule has 0 fully saturated rings. The molecule has 1 aliphatic heterocycles. The van der Waals surface area contributed by atoms with E-state index in [0.717, 1.165) is 5.56 Å². The molecule has 1 aliphatic rings. The van der Waals surface area contributed by atoms with Crippen molar-refractivity contribution in [3.05, 3.63) is 97.3 Å². The third-order valence-electron chi connectivity index (χ3n) is 4.63. The van der Waals surface area contributed by atoms with Gasteiger partial charge in [-0.1, -0.05) is 35.3 Å². The lowest BCUT2D eigenvalue weighted by molar-refractivity contribution is -0.129. The van der Waals surface area contributed by atoms with Gasteiger partial charge in [0.2, 0.25) is 5.90 Å². The molecule has 9 heteroatoms. The molecule has 0 aliphatic carbocycles. The Labute approximate surface area is 207 Å². The molecule has 0 unspecified atom stereocenters. The molecule has 0 radical (unpaired) electrons. The summed E-state index contributed by atoms with van der Waals surface area (Å²) in [5.74, 6) is 0.0789. The number of hydrogen-bond donors (Lipinski definition) is 0. The molecule has 0 amide bonds. The predicted molar refractivity (Wildman–Crippen MR) is 128 cm³/mol. The van der Waals surface area contributed by atoms with Gasteiger partial charge in [-0.2, -0.15) is 0 Å². The Bertz CT molecular complexity index is 1290. The van der Waals surface area contributed by atoms with E-state index in [0.29, 0.717) is 37.1 Å². The molecule has 0 atom stereocenters. The monoisotopic (exact) mass is 549 g/mol. The number of ether oxygens (including phenoxy) is 3. The van der Waals surface area contributed by atoms with Crippen LogP contribution in [0.15, 0.2) is 69.8 Å². The van der Waals surface area contributed by atoms with Gasteiger partial charge in [0.25, 0.3) is 0 Å². The molecule has 0 aromatic heterocycles. The van der Waals surface area contributed by atoms with Crippen molar-refractivity contribution in [3.8, 4) is 11.5 Å². The fourth-order valence-electron chi connectivity index (χ4n) is 3.04. The van der Waals surface area contributed by atoms with E-state index >= 15 is 0 Å². The number of methoxy groups -OCH3 is 1. The van der Waals surface area contributed by atoms with Crippen LogP contribution >= 0.6 is 39.1 Å². The zero-order valence-corrected chi connectivity index (χ0v) is 20.2. The fraction of sp³-hybridized carbons (Fsp3) is 0.0833. The van der Waals surface area contributed by atoms with E-state index in [4.69, 9.17) is 37.4 Å². The van der Waals surface area contributed by atoms with Crippen molar-refractivity contribution >= 4 is 57.1 Å². The predicted octanol–water partition coefficient (Wildman–Crippen LogP) is 6.83. The Morgan fingerprint density at radius 3 is 2.58 bits per heavy atom. The molecule has 0 saturated heterocycles. The van der Waals surface area contributed by atoms with E-state index < -0.39 is 5.97 Å². The molecule has 5 nitrogen and oxygen atoms in total. The minimum atomic E-state index is -0.609. The maximum atomic E-state index is 13.1. The molecule has 0 N–H and O–H groups in total. The van der Waals surface area contributed by atoms with E-state index in [9.17, 15) is 9.18 Å². The fourth-order valence-corrected chi connectivity index (χ4v) is 4.11. The molecule has 0 bridgehead atoms. The van der Waals surface area contributed by atoms with Crippen LogP contribution in [0.25, 0.3) is 6.08 Å². The molecule has 0 saturated carbocycles. The minimum Gasteiger partial charge on any atom is -0.493 e. The summed E-state index contributed by atoms with van der Waals surface area (Å²) in [7, 11) is 1.51. The van der Waals surface area contributed by atoms with Crippen LogP contribution in [0.5, 0.6) is 11.5 Å². The summed E-state index contributed by atoms with van der Waals surface area (Å²) < 4.78 is 30.3. The highest BCUT2D eigenvalue weighted by Gasteiger charge is 2.26. The van der Waals surface area contributed by atoms with Crippen molar-refractivity contribution in [3.63, 3.8) is 0 Å². The van der Waals surface area contributed by atoms with Gasteiger partial charge in [0.15, 0.2) is 17.2 Å². The first-order chi connectivity index (χ1) is 15.8. The number of cyclic esters (lactones) is 1. The van der Waals surface area contributed by atoms with Crippen LogP contribution in [0.1, 0.15) is 16.7 Å². The van der Waals surface area contributed by atoms with E-state index in [-0.39, 0.29) is 24.0 Å². The molecule has 0 spiro atoms. The SMILES string of the molecule is COc1cc(/C=C2\N=C(c3ccc(Cl)cc3Cl)OC2=O)cc(Br)c1OCc1ccc(F)cc1. The van der Waals surface area contributed by atoms with Gasteiger partial charge in [-0.05, 0) is 75.6 Å². The third-order valence-corrected chi connectivity index (χ3v) is 5.77. The molecular formula is C24H15BrCl2FNO4. The smallest absolute Gasteiger partial charge is 0.363 e. The van der Waals surface area contributed by atoms with Crippen molar-refractivity contribution in [1.29, 1.82) is 0 Å². The number of hydrogen-bond acceptors (Lipinski definition) is 5. The molecule has 33 heavy (non-hydrogen) atoms. The Hall–Kier alpha value is -2.87. The second-order valence-corrected chi connectivity index (χ2v) is 8.61. The van der Waals surface area contributed by atoms with Crippen molar-refractivity contribution in [1.82, 2.24) is 0 Å². The van der Waals surface area contributed by atoms with Crippen LogP contribution in [-0.4, -0.2) is 19.0 Å². The van der Waals surface area contributed by atoms with Gasteiger partial charge in [0.1, 0.15) is 12.4 Å². The van der Waals surface area contributed by atoms with Gasteiger partial charge in [0, 0.05) is 5.02 Å². The molecular weight excluding hydrogens is 536 g/mol. The number of benzene rings is 3. The Morgan fingerprint density at radius 1 is 1.12 bits per heavy atom. The number of carbonyl (C=O) groups is 1. The lowest BCUT2D eigenvalue weighted by Gasteiger charge is -2.13. The summed E-state index contributed by atoms with van der Waals surface area (Å²) in [6.45, 7) is 0.220. The highest BCUT2D eigenvalue weighted by Crippen LogP contribution is 2.38. The third kappa shape index (κ3) is 5.38. The van der Waals surface area contributed by atoms with Gasteiger partial charge in [-0.3, -0.25) is 0 Å². The molecule has 168 valence electrons. The van der Waals surface area contributed by atoms with Crippen molar-refractivity contribution in [2.24, 2.45) is 4.99 Å². The molecule has 3 aromatic carbocycles. The first-order valence-electron chi connectivity index (χ1n) is 9.57.